The van der Waals surface area contributed by atoms with Crippen molar-refractivity contribution in [2.45, 2.75) is 83.7 Å². The van der Waals surface area contributed by atoms with Crippen LogP contribution in [0.3, 0.4) is 0 Å². The van der Waals surface area contributed by atoms with Crippen LogP contribution in [0.25, 0.3) is 0 Å². The minimum atomic E-state index is 0.753. The Bertz CT molecular complexity index is 231. The summed E-state index contributed by atoms with van der Waals surface area (Å²) in [5.74, 6) is 0.941. The lowest BCUT2D eigenvalue weighted by Crippen LogP contribution is -2.47. The van der Waals surface area contributed by atoms with Crippen LogP contribution >= 0.6 is 0 Å². The van der Waals surface area contributed by atoms with Crippen LogP contribution in [0.1, 0.15) is 71.6 Å². The number of hydrogen-bond acceptors (Lipinski definition) is 2. The normalized spacial score (nSPS) is 22.9. The van der Waals surface area contributed by atoms with Gasteiger partial charge < -0.3 is 5.32 Å². The molecule has 0 aliphatic heterocycles. The van der Waals surface area contributed by atoms with Crippen molar-refractivity contribution in [3.63, 3.8) is 0 Å². The maximum Gasteiger partial charge on any atom is 0.0223 e. The average molecular weight is 266 g/mol. The zero-order chi connectivity index (χ0) is 13.5. The average Bonchev–Trinajstić information content (AvgIpc) is 3.28. The lowest BCUT2D eigenvalue weighted by molar-refractivity contribution is 0.176. The van der Waals surface area contributed by atoms with Crippen LogP contribution in [0.15, 0.2) is 0 Å². The van der Waals surface area contributed by atoms with E-state index in [4.69, 9.17) is 0 Å². The van der Waals surface area contributed by atoms with Gasteiger partial charge in [-0.1, -0.05) is 39.5 Å². The molecule has 1 unspecified atom stereocenters. The highest BCUT2D eigenvalue weighted by Crippen LogP contribution is 2.31. The van der Waals surface area contributed by atoms with E-state index in [0.29, 0.717) is 0 Å². The van der Waals surface area contributed by atoms with Crippen LogP contribution in [-0.4, -0.2) is 36.6 Å². The first-order chi connectivity index (χ1) is 9.35. The van der Waals surface area contributed by atoms with E-state index in [9.17, 15) is 0 Å². The van der Waals surface area contributed by atoms with E-state index in [0.717, 1.165) is 24.5 Å². The number of rotatable bonds is 9. The highest BCUT2D eigenvalue weighted by Gasteiger charge is 2.32. The molecule has 2 rings (SSSR count). The van der Waals surface area contributed by atoms with Crippen molar-refractivity contribution in [3.05, 3.63) is 0 Å². The Morgan fingerprint density at radius 3 is 2.37 bits per heavy atom. The molecule has 2 saturated carbocycles. The molecule has 0 bridgehead atoms. The van der Waals surface area contributed by atoms with Crippen LogP contribution < -0.4 is 5.32 Å². The van der Waals surface area contributed by atoms with Gasteiger partial charge >= 0.3 is 0 Å². The maximum absolute atomic E-state index is 3.80. The molecule has 0 aromatic carbocycles. The third kappa shape index (κ3) is 5.07. The molecule has 19 heavy (non-hydrogen) atoms. The molecule has 2 nitrogen and oxygen atoms in total. The number of nitrogens with zero attached hydrogens (tertiary/aromatic N) is 1. The van der Waals surface area contributed by atoms with Crippen LogP contribution in [-0.2, 0) is 0 Å². The van der Waals surface area contributed by atoms with E-state index in [1.54, 1.807) is 0 Å². The zero-order valence-corrected chi connectivity index (χ0v) is 13.2. The van der Waals surface area contributed by atoms with E-state index in [1.165, 1.54) is 70.9 Å². The summed E-state index contributed by atoms with van der Waals surface area (Å²) in [5, 5.41) is 3.80. The first-order valence-electron chi connectivity index (χ1n) is 8.82. The molecule has 0 saturated heterocycles. The van der Waals surface area contributed by atoms with Crippen LogP contribution in [0, 0.1) is 5.92 Å². The largest absolute Gasteiger partial charge is 0.313 e. The summed E-state index contributed by atoms with van der Waals surface area (Å²) in [7, 11) is 0. The van der Waals surface area contributed by atoms with Crippen molar-refractivity contribution < 1.29 is 0 Å². The van der Waals surface area contributed by atoms with Crippen LogP contribution in [0.5, 0.6) is 0 Å². The van der Waals surface area contributed by atoms with Gasteiger partial charge in [0.2, 0.25) is 0 Å². The fourth-order valence-electron chi connectivity index (χ4n) is 3.66. The molecular weight excluding hydrogens is 232 g/mol. The first kappa shape index (κ1) is 15.3. The molecule has 2 fully saturated rings. The minimum absolute atomic E-state index is 0.753. The predicted octanol–water partition coefficient (Wildman–Crippen LogP) is 3.81. The number of nitrogens with one attached hydrogen (secondary N) is 1. The number of hydrogen-bond donors (Lipinski definition) is 1. The molecule has 112 valence electrons. The number of likely N-dealkylation sites (N-methyl/N-ethyl adjacent to an activating group) is 1. The smallest absolute Gasteiger partial charge is 0.0223 e. The highest BCUT2D eigenvalue weighted by molar-refractivity contribution is 4.89. The molecule has 0 amide bonds. The van der Waals surface area contributed by atoms with E-state index < -0.39 is 0 Å². The van der Waals surface area contributed by atoms with Gasteiger partial charge in [-0.3, -0.25) is 4.90 Å². The van der Waals surface area contributed by atoms with E-state index >= 15 is 0 Å². The zero-order valence-electron chi connectivity index (χ0n) is 13.2. The van der Waals surface area contributed by atoms with Crippen LogP contribution in [0.2, 0.25) is 0 Å². The molecule has 0 radical (unpaired) electrons. The fraction of sp³-hybridized carbons (Fsp3) is 1.00. The molecule has 0 aromatic heterocycles. The summed E-state index contributed by atoms with van der Waals surface area (Å²) in [6.07, 6.45) is 12.9. The second-order valence-electron chi connectivity index (χ2n) is 6.64. The molecule has 1 atom stereocenters. The quantitative estimate of drug-likeness (QED) is 0.683. The molecule has 0 spiro atoms. The highest BCUT2D eigenvalue weighted by atomic mass is 15.2. The standard InChI is InChI=1S/C17H34N2/c1-3-5-13-19(16-11-12-16)14-17(18-4-2)15-9-7-6-8-10-15/h15-18H,3-14H2,1-2H3. The molecule has 2 aliphatic rings. The van der Waals surface area contributed by atoms with Crippen molar-refractivity contribution in [2.24, 2.45) is 5.92 Å². The second-order valence-corrected chi connectivity index (χ2v) is 6.64. The van der Waals surface area contributed by atoms with Gasteiger partial charge in [-0.05, 0) is 51.1 Å². The van der Waals surface area contributed by atoms with Gasteiger partial charge in [0.05, 0.1) is 0 Å². The van der Waals surface area contributed by atoms with Gasteiger partial charge in [-0.25, -0.2) is 0 Å². The van der Waals surface area contributed by atoms with Gasteiger partial charge in [0.25, 0.3) is 0 Å². The van der Waals surface area contributed by atoms with Crippen molar-refractivity contribution in [1.82, 2.24) is 10.2 Å². The SMILES string of the molecule is CCCCN(CC(NCC)C1CCCCC1)C1CC1. The molecule has 2 aliphatic carbocycles. The van der Waals surface area contributed by atoms with Crippen molar-refractivity contribution in [2.75, 3.05) is 19.6 Å². The minimum Gasteiger partial charge on any atom is -0.313 e. The summed E-state index contributed by atoms with van der Waals surface area (Å²) in [5.41, 5.74) is 0. The van der Waals surface area contributed by atoms with Crippen molar-refractivity contribution in [1.29, 1.82) is 0 Å². The van der Waals surface area contributed by atoms with E-state index in [2.05, 4.69) is 24.1 Å². The maximum atomic E-state index is 3.80. The van der Waals surface area contributed by atoms with Crippen molar-refractivity contribution in [3.8, 4) is 0 Å². The topological polar surface area (TPSA) is 15.3 Å². The summed E-state index contributed by atoms with van der Waals surface area (Å²) in [4.78, 5) is 2.80. The van der Waals surface area contributed by atoms with E-state index in [-0.39, 0.29) is 0 Å². The predicted molar refractivity (Wildman–Crippen MR) is 83.5 cm³/mol. The molecule has 2 heteroatoms. The van der Waals surface area contributed by atoms with Gasteiger partial charge in [0.1, 0.15) is 0 Å². The second kappa shape index (κ2) is 8.26. The van der Waals surface area contributed by atoms with E-state index in [1.807, 2.05) is 0 Å². The summed E-state index contributed by atoms with van der Waals surface area (Å²) >= 11 is 0. The molecular formula is C17H34N2. The summed E-state index contributed by atoms with van der Waals surface area (Å²) < 4.78 is 0. The van der Waals surface area contributed by atoms with Gasteiger partial charge in [0.15, 0.2) is 0 Å². The Morgan fingerprint density at radius 1 is 1.05 bits per heavy atom. The Kier molecular flexibility index (Phi) is 6.66. The number of unbranched alkanes of at least 4 members (excludes halogenated alkanes) is 1. The van der Waals surface area contributed by atoms with Gasteiger partial charge in [-0.15, -0.1) is 0 Å². The Morgan fingerprint density at radius 2 is 1.79 bits per heavy atom. The molecule has 0 aromatic rings. The molecule has 0 heterocycles. The summed E-state index contributed by atoms with van der Waals surface area (Å²) in [6.45, 7) is 8.35. The van der Waals surface area contributed by atoms with Crippen molar-refractivity contribution >= 4 is 0 Å². The molecule has 1 N–H and O–H groups in total. The third-order valence-electron chi connectivity index (χ3n) is 4.98. The van der Waals surface area contributed by atoms with Gasteiger partial charge in [0, 0.05) is 18.6 Å². The first-order valence-corrected chi connectivity index (χ1v) is 8.82. The summed E-state index contributed by atoms with van der Waals surface area (Å²) in [6, 6.07) is 1.68. The Hall–Kier alpha value is -0.0800. The monoisotopic (exact) mass is 266 g/mol. The third-order valence-corrected chi connectivity index (χ3v) is 4.98. The van der Waals surface area contributed by atoms with Gasteiger partial charge in [-0.2, -0.15) is 0 Å². The lowest BCUT2D eigenvalue weighted by Gasteiger charge is -2.35. The lowest BCUT2D eigenvalue weighted by atomic mass is 9.83. The Balaban J connectivity index is 1.85. The Labute approximate surface area is 120 Å². The van der Waals surface area contributed by atoms with Crippen LogP contribution in [0.4, 0.5) is 0 Å². The fourth-order valence-corrected chi connectivity index (χ4v) is 3.66.